The molecule has 192 valence electrons. The molecule has 0 fully saturated rings. The molecule has 0 bridgehead atoms. The largest absolute Gasteiger partial charge is 0.299 e. The second kappa shape index (κ2) is 13.0. The maximum Gasteiger partial charge on any atom is 0.202 e. The Balaban J connectivity index is 1.10. The number of thiazole rings is 1. The van der Waals surface area contributed by atoms with Crippen LogP contribution in [0.3, 0.4) is 0 Å². The van der Waals surface area contributed by atoms with Gasteiger partial charge >= 0.3 is 0 Å². The van der Waals surface area contributed by atoms with Gasteiger partial charge < -0.3 is 0 Å². The van der Waals surface area contributed by atoms with E-state index in [1.54, 1.807) is 22.7 Å². The molecule has 0 aliphatic heterocycles. The van der Waals surface area contributed by atoms with Crippen molar-refractivity contribution < 1.29 is 0 Å². The molecule has 0 amide bonds. The number of aryl methyl sites for hydroxylation is 1. The number of azo groups is 2. The van der Waals surface area contributed by atoms with Gasteiger partial charge in [-0.3, -0.25) is 10.9 Å². The zero-order valence-corrected chi connectivity index (χ0v) is 22.8. The van der Waals surface area contributed by atoms with Gasteiger partial charge in [0, 0.05) is 4.88 Å². The van der Waals surface area contributed by atoms with Crippen LogP contribution in [0.1, 0.15) is 37.5 Å². The van der Waals surface area contributed by atoms with Crippen LogP contribution in [0.15, 0.2) is 105 Å². The van der Waals surface area contributed by atoms with E-state index in [0.717, 1.165) is 49.5 Å². The third kappa shape index (κ3) is 7.30. The van der Waals surface area contributed by atoms with Crippen molar-refractivity contribution in [1.82, 2.24) is 4.98 Å². The highest BCUT2D eigenvalue weighted by molar-refractivity contribution is 7.22. The molecule has 0 unspecified atom stereocenters. The molecule has 0 atom stereocenters. The van der Waals surface area contributed by atoms with Crippen molar-refractivity contribution in [1.29, 1.82) is 0 Å². The van der Waals surface area contributed by atoms with Crippen molar-refractivity contribution in [3.63, 3.8) is 0 Å². The average molecular weight is 540 g/mol. The molecule has 0 spiro atoms. The molecule has 7 nitrogen and oxygen atoms in total. The number of nitrogens with one attached hydrogen (secondary N) is 2. The molecule has 2 N–H and O–H groups in total. The summed E-state index contributed by atoms with van der Waals surface area (Å²) in [5, 5.41) is 19.2. The van der Waals surface area contributed by atoms with Crippen molar-refractivity contribution in [3.8, 4) is 0 Å². The van der Waals surface area contributed by atoms with Gasteiger partial charge in [-0.15, -0.1) is 21.6 Å². The van der Waals surface area contributed by atoms with Crippen molar-refractivity contribution in [2.24, 2.45) is 20.5 Å². The molecular formula is C29H29N7S2. The summed E-state index contributed by atoms with van der Waals surface area (Å²) in [7, 11) is 0. The number of hydrogen-bond donors (Lipinski definition) is 2. The summed E-state index contributed by atoms with van der Waals surface area (Å²) >= 11 is 3.32. The fourth-order valence-corrected chi connectivity index (χ4v) is 5.44. The van der Waals surface area contributed by atoms with Crippen LogP contribution in [-0.2, 0) is 6.42 Å². The second-order valence-corrected chi connectivity index (χ2v) is 10.9. The van der Waals surface area contributed by atoms with Crippen molar-refractivity contribution in [2.75, 3.05) is 10.9 Å². The first-order chi connectivity index (χ1) is 18.7. The van der Waals surface area contributed by atoms with E-state index in [4.69, 9.17) is 0 Å². The Morgan fingerprint density at radius 3 is 2.05 bits per heavy atom. The Bertz CT molecular complexity index is 1470. The highest BCUT2D eigenvalue weighted by Crippen LogP contribution is 2.29. The van der Waals surface area contributed by atoms with E-state index in [1.165, 1.54) is 30.6 Å². The third-order valence-corrected chi connectivity index (χ3v) is 7.77. The Morgan fingerprint density at radius 1 is 0.658 bits per heavy atom. The Morgan fingerprint density at radius 2 is 1.34 bits per heavy atom. The molecule has 0 radical (unpaired) electrons. The number of nitrogens with zero attached hydrogens (tertiary/aromatic N) is 5. The third-order valence-electron chi connectivity index (χ3n) is 5.79. The SMILES string of the molecule is CCCCCCc1ccc(N=Nc2ccc(N=Nc3ccc(NNc4nc5ccccc5s4)cc3)cc2)s1. The Labute approximate surface area is 230 Å². The average Bonchev–Trinajstić information content (AvgIpc) is 3.60. The van der Waals surface area contributed by atoms with Gasteiger partial charge in [-0.2, -0.15) is 10.2 Å². The van der Waals surface area contributed by atoms with Gasteiger partial charge in [-0.1, -0.05) is 49.7 Å². The molecule has 9 heteroatoms. The van der Waals surface area contributed by atoms with Crippen LogP contribution < -0.4 is 10.9 Å². The van der Waals surface area contributed by atoms with E-state index in [0.29, 0.717) is 0 Å². The lowest BCUT2D eigenvalue weighted by Crippen LogP contribution is -2.07. The zero-order chi connectivity index (χ0) is 26.0. The molecule has 0 aliphatic rings. The number of thiophene rings is 1. The van der Waals surface area contributed by atoms with E-state index < -0.39 is 0 Å². The molecule has 5 aromatic rings. The fraction of sp³-hybridized carbons (Fsp3) is 0.207. The summed E-state index contributed by atoms with van der Waals surface area (Å²) in [6.07, 6.45) is 6.23. The molecule has 0 saturated carbocycles. The lowest BCUT2D eigenvalue weighted by molar-refractivity contribution is 0.670. The van der Waals surface area contributed by atoms with Crippen LogP contribution in [0.25, 0.3) is 10.2 Å². The molecule has 5 rings (SSSR count). The lowest BCUT2D eigenvalue weighted by atomic mass is 10.1. The number of hydrogen-bond acceptors (Lipinski definition) is 9. The number of rotatable bonds is 12. The molecular weight excluding hydrogens is 511 g/mol. The minimum absolute atomic E-state index is 0.758. The summed E-state index contributed by atoms with van der Waals surface area (Å²) in [5.41, 5.74) is 10.5. The van der Waals surface area contributed by atoms with E-state index in [1.807, 2.05) is 72.8 Å². The second-order valence-electron chi connectivity index (χ2n) is 8.75. The van der Waals surface area contributed by atoms with Crippen LogP contribution in [0.4, 0.5) is 32.9 Å². The van der Waals surface area contributed by atoms with E-state index in [2.05, 4.69) is 55.3 Å². The van der Waals surface area contributed by atoms with Crippen molar-refractivity contribution in [2.45, 2.75) is 39.0 Å². The topological polar surface area (TPSA) is 86.4 Å². The maximum absolute atomic E-state index is 4.56. The van der Waals surface area contributed by atoms with Crippen molar-refractivity contribution in [3.05, 3.63) is 89.8 Å². The summed E-state index contributed by atoms with van der Waals surface area (Å²) in [5.74, 6) is 0. The number of fused-ring (bicyclic) bond motifs is 1. The number of benzene rings is 3. The van der Waals surface area contributed by atoms with Crippen LogP contribution in [0, 0.1) is 0 Å². The fourth-order valence-electron chi connectivity index (χ4n) is 3.75. The van der Waals surface area contributed by atoms with Gasteiger partial charge in [0.15, 0.2) is 0 Å². The summed E-state index contributed by atoms with van der Waals surface area (Å²) in [6.45, 7) is 2.24. The minimum atomic E-state index is 0.758. The quantitative estimate of drug-likeness (QED) is 0.0939. The minimum Gasteiger partial charge on any atom is -0.299 e. The first-order valence-corrected chi connectivity index (χ1v) is 14.4. The zero-order valence-electron chi connectivity index (χ0n) is 21.2. The smallest absolute Gasteiger partial charge is 0.202 e. The first-order valence-electron chi connectivity index (χ1n) is 12.7. The van der Waals surface area contributed by atoms with E-state index in [9.17, 15) is 0 Å². The van der Waals surface area contributed by atoms with Gasteiger partial charge in [0.25, 0.3) is 0 Å². The number of hydrazine groups is 1. The van der Waals surface area contributed by atoms with E-state index >= 15 is 0 Å². The first kappa shape index (κ1) is 25.7. The summed E-state index contributed by atoms with van der Waals surface area (Å²) in [6, 6.07) is 27.6. The molecule has 0 saturated heterocycles. The lowest BCUT2D eigenvalue weighted by Gasteiger charge is -2.06. The molecule has 2 aromatic heterocycles. The van der Waals surface area contributed by atoms with Gasteiger partial charge in [0.05, 0.1) is 33.0 Å². The summed E-state index contributed by atoms with van der Waals surface area (Å²) in [4.78, 5) is 5.93. The standard InChI is InChI=1S/C29H29N7S2/c1-2-3-4-5-8-25-19-20-28(37-25)35-33-23-15-11-21(12-16-23)31-32-22-13-17-24(18-14-22)34-36-29-30-26-9-6-7-10-27(26)38-29/h6-7,9-20,34H,2-5,8H2,1H3,(H,30,36). The molecule has 3 aromatic carbocycles. The number of anilines is 2. The molecule has 38 heavy (non-hydrogen) atoms. The molecule has 0 aliphatic carbocycles. The Kier molecular flexibility index (Phi) is 8.81. The van der Waals surface area contributed by atoms with Crippen molar-refractivity contribution >= 4 is 65.8 Å². The highest BCUT2D eigenvalue weighted by Gasteiger charge is 2.03. The van der Waals surface area contributed by atoms with E-state index in [-0.39, 0.29) is 0 Å². The predicted molar refractivity (Wildman–Crippen MR) is 160 cm³/mol. The van der Waals surface area contributed by atoms with Gasteiger partial charge in [-0.05, 0) is 85.6 Å². The maximum atomic E-state index is 4.56. The predicted octanol–water partition coefficient (Wildman–Crippen LogP) is 10.8. The van der Waals surface area contributed by atoms with Gasteiger partial charge in [0.2, 0.25) is 5.13 Å². The van der Waals surface area contributed by atoms with Crippen LogP contribution in [-0.4, -0.2) is 4.98 Å². The number of aromatic nitrogens is 1. The number of unbranched alkanes of at least 4 members (excludes halogenated alkanes) is 3. The monoisotopic (exact) mass is 539 g/mol. The highest BCUT2D eigenvalue weighted by atomic mass is 32.1. The Hall–Kier alpha value is -3.95. The van der Waals surface area contributed by atoms with Crippen LogP contribution >= 0.6 is 22.7 Å². The van der Waals surface area contributed by atoms with Crippen LogP contribution in [0.2, 0.25) is 0 Å². The normalized spacial score (nSPS) is 11.6. The number of para-hydroxylation sites is 1. The van der Waals surface area contributed by atoms with Gasteiger partial charge in [0.1, 0.15) is 5.00 Å². The summed E-state index contributed by atoms with van der Waals surface area (Å²) < 4.78 is 1.15. The van der Waals surface area contributed by atoms with Gasteiger partial charge in [-0.25, -0.2) is 4.98 Å². The van der Waals surface area contributed by atoms with Crippen LogP contribution in [0.5, 0.6) is 0 Å². The molecule has 2 heterocycles.